The average molecular weight is 463 g/mol. The third-order valence-electron chi connectivity index (χ3n) is 4.96. The highest BCUT2D eigenvalue weighted by atomic mass is 32.2. The topological polar surface area (TPSA) is 130 Å². The summed E-state index contributed by atoms with van der Waals surface area (Å²) in [6.45, 7) is 2.61. The van der Waals surface area contributed by atoms with Crippen LogP contribution in [0.5, 0.6) is 0 Å². The maximum atomic E-state index is 13.3. The largest absolute Gasteiger partial charge is 0.357 e. The van der Waals surface area contributed by atoms with Crippen molar-refractivity contribution in [3.63, 3.8) is 0 Å². The Morgan fingerprint density at radius 1 is 1.16 bits per heavy atom. The highest BCUT2D eigenvalue weighted by molar-refractivity contribution is 7.92. The predicted octanol–water partition coefficient (Wildman–Crippen LogP) is 1.83. The molecule has 1 N–H and O–H groups in total. The van der Waals surface area contributed by atoms with E-state index in [-0.39, 0.29) is 17.9 Å². The van der Waals surface area contributed by atoms with Crippen molar-refractivity contribution in [2.75, 3.05) is 24.2 Å². The second kappa shape index (κ2) is 10.2. The summed E-state index contributed by atoms with van der Waals surface area (Å²) >= 11 is 0. The summed E-state index contributed by atoms with van der Waals surface area (Å²) in [4.78, 5) is 37.4. The van der Waals surface area contributed by atoms with Gasteiger partial charge in [-0.15, -0.1) is 0 Å². The van der Waals surface area contributed by atoms with Gasteiger partial charge >= 0.3 is 0 Å². The van der Waals surface area contributed by atoms with Crippen molar-refractivity contribution in [2.45, 2.75) is 26.4 Å². The zero-order chi connectivity index (χ0) is 24.1. The fraction of sp³-hybridized carbons (Fsp3) is 0.333. The summed E-state index contributed by atoms with van der Waals surface area (Å²) in [5.74, 6) is -1.03. The number of rotatable bonds is 9. The number of aryl methyl sites for hydroxylation is 1. The molecule has 0 radical (unpaired) electrons. The Balaban J connectivity index is 2.46. The Morgan fingerprint density at radius 3 is 2.31 bits per heavy atom. The molecule has 0 heterocycles. The van der Waals surface area contributed by atoms with Crippen molar-refractivity contribution in [2.24, 2.45) is 0 Å². The van der Waals surface area contributed by atoms with Crippen LogP contribution in [0, 0.1) is 17.0 Å². The first-order valence-electron chi connectivity index (χ1n) is 9.73. The average Bonchev–Trinajstić information content (AvgIpc) is 2.75. The molecule has 0 fully saturated rings. The molecule has 0 aliphatic carbocycles. The van der Waals surface area contributed by atoms with E-state index in [2.05, 4.69) is 5.32 Å². The number of likely N-dealkylation sites (N-methyl/N-ethyl adjacent to an activating group) is 1. The van der Waals surface area contributed by atoms with Crippen LogP contribution in [-0.2, 0) is 26.2 Å². The van der Waals surface area contributed by atoms with E-state index >= 15 is 0 Å². The first-order valence-corrected chi connectivity index (χ1v) is 11.6. The lowest BCUT2D eigenvalue weighted by Gasteiger charge is -2.31. The van der Waals surface area contributed by atoms with E-state index in [1.54, 1.807) is 38.1 Å². The lowest BCUT2D eigenvalue weighted by Crippen LogP contribution is -2.50. The highest BCUT2D eigenvalue weighted by Crippen LogP contribution is 2.27. The molecule has 10 nitrogen and oxygen atoms in total. The van der Waals surface area contributed by atoms with Crippen LogP contribution < -0.4 is 9.62 Å². The number of nitro groups is 1. The second-order valence-corrected chi connectivity index (χ2v) is 9.20. The van der Waals surface area contributed by atoms with Gasteiger partial charge in [-0.3, -0.25) is 24.0 Å². The number of anilines is 1. The van der Waals surface area contributed by atoms with Crippen LogP contribution >= 0.6 is 0 Å². The van der Waals surface area contributed by atoms with E-state index in [0.717, 1.165) is 22.2 Å². The van der Waals surface area contributed by atoms with Crippen LogP contribution in [0.2, 0.25) is 0 Å². The number of hydrogen-bond donors (Lipinski definition) is 1. The van der Waals surface area contributed by atoms with Gasteiger partial charge in [-0.2, -0.15) is 0 Å². The van der Waals surface area contributed by atoms with Gasteiger partial charge in [0, 0.05) is 25.7 Å². The van der Waals surface area contributed by atoms with Crippen molar-refractivity contribution >= 4 is 33.2 Å². The third kappa shape index (κ3) is 6.03. The van der Waals surface area contributed by atoms with Gasteiger partial charge in [-0.1, -0.05) is 36.4 Å². The lowest BCUT2D eigenvalue weighted by molar-refractivity contribution is -0.384. The Kier molecular flexibility index (Phi) is 7.92. The number of hydrogen-bond acceptors (Lipinski definition) is 6. The van der Waals surface area contributed by atoms with Gasteiger partial charge in [0.15, 0.2) is 0 Å². The van der Waals surface area contributed by atoms with Gasteiger partial charge in [0.25, 0.3) is 5.69 Å². The van der Waals surface area contributed by atoms with Gasteiger partial charge in [0.05, 0.1) is 16.9 Å². The van der Waals surface area contributed by atoms with Gasteiger partial charge in [0.1, 0.15) is 12.6 Å². The van der Waals surface area contributed by atoms with Crippen LogP contribution in [0.3, 0.4) is 0 Å². The molecule has 172 valence electrons. The molecule has 0 saturated carbocycles. The van der Waals surface area contributed by atoms with Crippen molar-refractivity contribution in [3.8, 4) is 0 Å². The van der Waals surface area contributed by atoms with Crippen LogP contribution in [0.25, 0.3) is 0 Å². The fourth-order valence-electron chi connectivity index (χ4n) is 3.15. The first kappa shape index (κ1) is 24.8. The van der Waals surface area contributed by atoms with Crippen LogP contribution in [0.15, 0.2) is 48.5 Å². The monoisotopic (exact) mass is 462 g/mol. The molecular weight excluding hydrogens is 436 g/mol. The summed E-state index contributed by atoms with van der Waals surface area (Å²) < 4.78 is 25.9. The third-order valence-corrected chi connectivity index (χ3v) is 6.09. The van der Waals surface area contributed by atoms with E-state index < -0.39 is 39.3 Å². The summed E-state index contributed by atoms with van der Waals surface area (Å²) in [5, 5.41) is 13.7. The minimum atomic E-state index is -3.97. The maximum Gasteiger partial charge on any atom is 0.271 e. The Bertz CT molecular complexity index is 1100. The van der Waals surface area contributed by atoms with E-state index in [0.29, 0.717) is 5.56 Å². The number of sulfonamides is 1. The number of amides is 2. The SMILES string of the molecule is CNC(=O)C(C)N(Cc1ccccc1)C(=O)CN(c1cc([N+](=O)[O-])ccc1C)S(C)(=O)=O. The van der Waals surface area contributed by atoms with Gasteiger partial charge < -0.3 is 10.2 Å². The molecule has 0 aliphatic rings. The van der Waals surface area contributed by atoms with Crippen LogP contribution in [0.1, 0.15) is 18.1 Å². The lowest BCUT2D eigenvalue weighted by atomic mass is 10.1. The summed E-state index contributed by atoms with van der Waals surface area (Å²) in [5.41, 5.74) is 0.936. The molecule has 2 aromatic carbocycles. The highest BCUT2D eigenvalue weighted by Gasteiger charge is 2.30. The van der Waals surface area contributed by atoms with E-state index in [1.165, 1.54) is 24.1 Å². The molecule has 2 rings (SSSR count). The molecule has 0 aliphatic heterocycles. The van der Waals surface area contributed by atoms with Crippen molar-refractivity contribution in [3.05, 3.63) is 69.8 Å². The standard InChI is InChI=1S/C21H26N4O6S/c1-15-10-11-18(25(28)29)12-19(15)24(32(4,30)31)14-20(26)23(16(2)21(27)22-3)13-17-8-6-5-7-9-17/h5-12,16H,13-14H2,1-4H3,(H,22,27). The normalized spacial score (nSPS) is 12.0. The first-order chi connectivity index (χ1) is 15.0. The predicted molar refractivity (Wildman–Crippen MR) is 121 cm³/mol. The molecule has 0 spiro atoms. The molecule has 11 heteroatoms. The second-order valence-electron chi connectivity index (χ2n) is 7.29. The van der Waals surface area contributed by atoms with Crippen molar-refractivity contribution in [1.82, 2.24) is 10.2 Å². The molecule has 1 atom stereocenters. The molecule has 2 amide bonds. The fourth-order valence-corrected chi connectivity index (χ4v) is 4.05. The minimum Gasteiger partial charge on any atom is -0.357 e. The summed E-state index contributed by atoms with van der Waals surface area (Å²) in [7, 11) is -2.53. The molecule has 0 bridgehead atoms. The quantitative estimate of drug-likeness (QED) is 0.447. The number of nitrogens with one attached hydrogen (secondary N) is 1. The van der Waals surface area contributed by atoms with Crippen molar-refractivity contribution in [1.29, 1.82) is 0 Å². The molecule has 1 unspecified atom stereocenters. The molecule has 32 heavy (non-hydrogen) atoms. The molecule has 2 aromatic rings. The number of nitrogens with zero attached hydrogens (tertiary/aromatic N) is 3. The van der Waals surface area contributed by atoms with Crippen LogP contribution in [-0.4, -0.2) is 55.9 Å². The zero-order valence-corrected chi connectivity index (χ0v) is 19.1. The molecular formula is C21H26N4O6S. The van der Waals surface area contributed by atoms with E-state index in [9.17, 15) is 28.1 Å². The Labute approximate surface area is 187 Å². The number of non-ortho nitro benzene ring substituents is 1. The zero-order valence-electron chi connectivity index (χ0n) is 18.3. The van der Waals surface area contributed by atoms with Crippen molar-refractivity contribution < 1.29 is 22.9 Å². The number of benzene rings is 2. The van der Waals surface area contributed by atoms with Gasteiger partial charge in [-0.25, -0.2) is 8.42 Å². The summed E-state index contributed by atoms with van der Waals surface area (Å²) in [6, 6.07) is 11.9. The number of carbonyl (C=O) groups excluding carboxylic acids is 2. The number of carbonyl (C=O) groups is 2. The number of nitro benzene ring substituents is 1. The van der Waals surface area contributed by atoms with E-state index in [4.69, 9.17) is 0 Å². The van der Waals surface area contributed by atoms with E-state index in [1.807, 2.05) is 6.07 Å². The Morgan fingerprint density at radius 2 is 1.78 bits per heavy atom. The van der Waals surface area contributed by atoms with Gasteiger partial charge in [-0.05, 0) is 25.0 Å². The Hall–Kier alpha value is -3.47. The summed E-state index contributed by atoms with van der Waals surface area (Å²) in [6.07, 6.45) is 0.919. The van der Waals surface area contributed by atoms with Crippen LogP contribution in [0.4, 0.5) is 11.4 Å². The van der Waals surface area contributed by atoms with Gasteiger partial charge in [0.2, 0.25) is 21.8 Å². The minimum absolute atomic E-state index is 0.0299. The maximum absolute atomic E-state index is 13.3. The smallest absolute Gasteiger partial charge is 0.271 e. The molecule has 0 saturated heterocycles. The molecule has 0 aromatic heterocycles.